The number of amides is 1. The van der Waals surface area contributed by atoms with E-state index in [1.54, 1.807) is 0 Å². The summed E-state index contributed by atoms with van der Waals surface area (Å²) in [5.74, 6) is 0.293. The highest BCUT2D eigenvalue weighted by atomic mass is 16.1. The highest BCUT2D eigenvalue weighted by molar-refractivity contribution is 5.79. The molecule has 1 fully saturated rings. The zero-order valence-corrected chi connectivity index (χ0v) is 12.8. The minimum atomic E-state index is 0.117. The molecule has 3 atom stereocenters. The molecule has 1 aliphatic rings. The van der Waals surface area contributed by atoms with E-state index in [1.807, 2.05) is 0 Å². The Bertz CT molecular complexity index is 464. The number of hydrogen-bond donors (Lipinski definition) is 2. The molecule has 3 N–H and O–H groups in total. The molecule has 1 aliphatic carbocycles. The largest absolute Gasteiger partial charge is 0.353 e. The first kappa shape index (κ1) is 15.0. The van der Waals surface area contributed by atoms with E-state index in [1.165, 1.54) is 16.7 Å². The smallest absolute Gasteiger partial charge is 0.223 e. The number of benzene rings is 1. The summed E-state index contributed by atoms with van der Waals surface area (Å²) in [6, 6.07) is 6.94. The summed E-state index contributed by atoms with van der Waals surface area (Å²) in [5, 5.41) is 3.14. The number of nitrogens with two attached hydrogens (primary N) is 1. The number of nitrogens with one attached hydrogen (secondary N) is 1. The lowest BCUT2D eigenvalue weighted by atomic mass is 10.0. The maximum absolute atomic E-state index is 12.2. The highest BCUT2D eigenvalue weighted by Crippen LogP contribution is 2.24. The lowest BCUT2D eigenvalue weighted by molar-refractivity contribution is -0.125. The number of carbonyl (C=O) groups is 1. The molecule has 0 bridgehead atoms. The molecule has 1 amide bonds. The third kappa shape index (κ3) is 4.07. The fourth-order valence-electron chi connectivity index (χ4n) is 3.21. The molecule has 0 radical (unpaired) electrons. The zero-order valence-electron chi connectivity index (χ0n) is 12.8. The van der Waals surface area contributed by atoms with Gasteiger partial charge in [-0.05, 0) is 52.0 Å². The maximum atomic E-state index is 12.2. The second-order valence-corrected chi connectivity index (χ2v) is 6.38. The van der Waals surface area contributed by atoms with E-state index < -0.39 is 0 Å². The van der Waals surface area contributed by atoms with Crippen molar-refractivity contribution in [2.24, 2.45) is 11.7 Å². The van der Waals surface area contributed by atoms with Gasteiger partial charge < -0.3 is 11.1 Å². The Balaban J connectivity index is 1.88. The van der Waals surface area contributed by atoms with E-state index in [0.29, 0.717) is 0 Å². The number of rotatable bonds is 4. The standard InChI is InChI=1S/C17H26N2O/c1-11-6-12(2)8-14(7-11)9-13(3)19-17(20)15-4-5-16(18)10-15/h6-8,13,15-16H,4-5,9-10,18H2,1-3H3,(H,19,20). The summed E-state index contributed by atoms with van der Waals surface area (Å²) in [4.78, 5) is 12.2. The Morgan fingerprint density at radius 2 is 1.95 bits per heavy atom. The Labute approximate surface area is 121 Å². The number of hydrogen-bond acceptors (Lipinski definition) is 2. The Kier molecular flexibility index (Phi) is 4.81. The second kappa shape index (κ2) is 6.40. The predicted molar refractivity (Wildman–Crippen MR) is 82.5 cm³/mol. The molecule has 1 saturated carbocycles. The van der Waals surface area contributed by atoms with Crippen LogP contribution in [0.3, 0.4) is 0 Å². The second-order valence-electron chi connectivity index (χ2n) is 6.38. The van der Waals surface area contributed by atoms with Crippen LogP contribution in [-0.2, 0) is 11.2 Å². The summed E-state index contributed by atoms with van der Waals surface area (Å²) in [6.07, 6.45) is 3.63. The van der Waals surface area contributed by atoms with Gasteiger partial charge in [0.2, 0.25) is 5.91 Å². The Hall–Kier alpha value is -1.35. The minimum Gasteiger partial charge on any atom is -0.353 e. The van der Waals surface area contributed by atoms with Crippen LogP contribution in [0, 0.1) is 19.8 Å². The van der Waals surface area contributed by atoms with E-state index in [0.717, 1.165) is 25.7 Å². The van der Waals surface area contributed by atoms with Crippen molar-refractivity contribution in [2.45, 2.75) is 58.5 Å². The zero-order chi connectivity index (χ0) is 14.7. The van der Waals surface area contributed by atoms with E-state index >= 15 is 0 Å². The topological polar surface area (TPSA) is 55.1 Å². The normalized spacial score (nSPS) is 23.6. The van der Waals surface area contributed by atoms with Gasteiger partial charge in [-0.15, -0.1) is 0 Å². The lowest BCUT2D eigenvalue weighted by Crippen LogP contribution is -2.38. The summed E-state index contributed by atoms with van der Waals surface area (Å²) < 4.78 is 0. The van der Waals surface area contributed by atoms with Gasteiger partial charge in [0.1, 0.15) is 0 Å². The lowest BCUT2D eigenvalue weighted by Gasteiger charge is -2.17. The van der Waals surface area contributed by atoms with Crippen molar-refractivity contribution in [1.82, 2.24) is 5.32 Å². The van der Waals surface area contributed by atoms with Crippen LogP contribution in [0.5, 0.6) is 0 Å². The van der Waals surface area contributed by atoms with Crippen molar-refractivity contribution in [3.8, 4) is 0 Å². The first-order valence-corrected chi connectivity index (χ1v) is 7.57. The van der Waals surface area contributed by atoms with Crippen LogP contribution in [0.15, 0.2) is 18.2 Å². The molecule has 3 unspecified atom stereocenters. The Morgan fingerprint density at radius 3 is 2.50 bits per heavy atom. The third-order valence-corrected chi connectivity index (χ3v) is 4.06. The molecule has 1 aromatic rings. The van der Waals surface area contributed by atoms with Crippen molar-refractivity contribution in [3.05, 3.63) is 34.9 Å². The van der Waals surface area contributed by atoms with Crippen LogP contribution in [0.25, 0.3) is 0 Å². The van der Waals surface area contributed by atoms with Gasteiger partial charge in [-0.1, -0.05) is 29.3 Å². The molecular weight excluding hydrogens is 248 g/mol. The first-order chi connectivity index (χ1) is 9.44. The van der Waals surface area contributed by atoms with Crippen LogP contribution < -0.4 is 11.1 Å². The van der Waals surface area contributed by atoms with Crippen molar-refractivity contribution in [1.29, 1.82) is 0 Å². The van der Waals surface area contributed by atoms with Gasteiger partial charge in [0.25, 0.3) is 0 Å². The minimum absolute atomic E-state index is 0.117. The van der Waals surface area contributed by atoms with Gasteiger partial charge in [-0.3, -0.25) is 4.79 Å². The fourth-order valence-corrected chi connectivity index (χ4v) is 3.21. The molecule has 0 aromatic heterocycles. The van der Waals surface area contributed by atoms with Crippen LogP contribution in [0.4, 0.5) is 0 Å². The third-order valence-electron chi connectivity index (χ3n) is 4.06. The molecule has 0 saturated heterocycles. The SMILES string of the molecule is Cc1cc(C)cc(CC(C)NC(=O)C2CCC(N)C2)c1. The molecule has 0 spiro atoms. The number of carbonyl (C=O) groups excluding carboxylic acids is 1. The average molecular weight is 274 g/mol. The van der Waals surface area contributed by atoms with Crippen LogP contribution in [0.2, 0.25) is 0 Å². The van der Waals surface area contributed by atoms with E-state index in [2.05, 4.69) is 44.3 Å². The van der Waals surface area contributed by atoms with Gasteiger partial charge >= 0.3 is 0 Å². The predicted octanol–water partition coefficient (Wildman–Crippen LogP) is 2.48. The molecule has 1 aromatic carbocycles. The number of aryl methyl sites for hydroxylation is 2. The quantitative estimate of drug-likeness (QED) is 0.886. The fraction of sp³-hybridized carbons (Fsp3) is 0.588. The van der Waals surface area contributed by atoms with Crippen LogP contribution in [0.1, 0.15) is 42.9 Å². The van der Waals surface area contributed by atoms with Gasteiger partial charge in [0.15, 0.2) is 0 Å². The molecule has 2 rings (SSSR count). The monoisotopic (exact) mass is 274 g/mol. The highest BCUT2D eigenvalue weighted by Gasteiger charge is 2.28. The summed E-state index contributed by atoms with van der Waals surface area (Å²) >= 11 is 0. The molecule has 0 heterocycles. The van der Waals surface area contributed by atoms with Gasteiger partial charge in [-0.2, -0.15) is 0 Å². The van der Waals surface area contributed by atoms with Crippen molar-refractivity contribution < 1.29 is 4.79 Å². The molecular formula is C17H26N2O. The molecule has 0 aliphatic heterocycles. The van der Waals surface area contributed by atoms with Crippen molar-refractivity contribution in [2.75, 3.05) is 0 Å². The van der Waals surface area contributed by atoms with Gasteiger partial charge in [-0.25, -0.2) is 0 Å². The van der Waals surface area contributed by atoms with Crippen molar-refractivity contribution in [3.63, 3.8) is 0 Å². The average Bonchev–Trinajstić information content (AvgIpc) is 2.74. The molecule has 20 heavy (non-hydrogen) atoms. The first-order valence-electron chi connectivity index (χ1n) is 7.57. The van der Waals surface area contributed by atoms with Crippen LogP contribution in [-0.4, -0.2) is 18.0 Å². The van der Waals surface area contributed by atoms with E-state index in [4.69, 9.17) is 5.73 Å². The van der Waals surface area contributed by atoms with Gasteiger partial charge in [0, 0.05) is 18.0 Å². The molecule has 110 valence electrons. The Morgan fingerprint density at radius 1 is 1.30 bits per heavy atom. The summed E-state index contributed by atoms with van der Waals surface area (Å²) in [6.45, 7) is 6.30. The van der Waals surface area contributed by atoms with Gasteiger partial charge in [0.05, 0.1) is 0 Å². The van der Waals surface area contributed by atoms with E-state index in [9.17, 15) is 4.79 Å². The maximum Gasteiger partial charge on any atom is 0.223 e. The molecule has 3 heteroatoms. The summed E-state index contributed by atoms with van der Waals surface area (Å²) in [7, 11) is 0. The summed E-state index contributed by atoms with van der Waals surface area (Å²) in [5.41, 5.74) is 9.72. The van der Waals surface area contributed by atoms with E-state index in [-0.39, 0.29) is 23.9 Å². The van der Waals surface area contributed by atoms with Crippen LogP contribution >= 0.6 is 0 Å². The van der Waals surface area contributed by atoms with Crippen molar-refractivity contribution >= 4 is 5.91 Å². The molecule has 3 nitrogen and oxygen atoms in total.